The number of carbonyl (C=O) groups excluding carboxylic acids is 3. The van der Waals surface area contributed by atoms with Gasteiger partial charge < -0.3 is 14.2 Å². The fourth-order valence-electron chi connectivity index (χ4n) is 5.31. The Hall–Kier alpha value is -3.67. The molecule has 3 aromatic rings. The first-order chi connectivity index (χ1) is 17.6. The Bertz CT molecular complexity index is 1300. The molecule has 0 spiro atoms. The summed E-state index contributed by atoms with van der Waals surface area (Å²) in [6.45, 7) is 10.5. The van der Waals surface area contributed by atoms with E-state index in [2.05, 4.69) is 0 Å². The van der Waals surface area contributed by atoms with Crippen LogP contribution in [0.25, 0.3) is 10.8 Å². The molecule has 37 heavy (non-hydrogen) atoms. The van der Waals surface area contributed by atoms with Crippen LogP contribution >= 0.6 is 0 Å². The topological polar surface area (TPSA) is 78.9 Å². The molecule has 0 aliphatic heterocycles. The summed E-state index contributed by atoms with van der Waals surface area (Å²) in [4.78, 5) is 42.0. The molecule has 2 atom stereocenters. The van der Waals surface area contributed by atoms with Crippen LogP contribution in [0.1, 0.15) is 70.1 Å². The summed E-state index contributed by atoms with van der Waals surface area (Å²) in [5.41, 5.74) is -0.265. The molecule has 6 nitrogen and oxygen atoms in total. The van der Waals surface area contributed by atoms with Gasteiger partial charge in [0, 0.05) is 5.92 Å². The van der Waals surface area contributed by atoms with E-state index in [0.29, 0.717) is 16.7 Å². The van der Waals surface area contributed by atoms with Crippen molar-refractivity contribution >= 4 is 28.7 Å². The highest BCUT2D eigenvalue weighted by atomic mass is 16.6. The van der Waals surface area contributed by atoms with Gasteiger partial charge in [0.1, 0.15) is 0 Å². The molecule has 0 amide bonds. The smallest absolute Gasteiger partial charge is 0.329 e. The molecule has 0 fully saturated rings. The van der Waals surface area contributed by atoms with Crippen molar-refractivity contribution in [3.05, 3.63) is 83.4 Å². The van der Waals surface area contributed by atoms with Crippen LogP contribution in [0.3, 0.4) is 0 Å². The number of carbonyl (C=O) groups is 3. The van der Waals surface area contributed by atoms with Crippen LogP contribution in [0.15, 0.2) is 66.7 Å². The van der Waals surface area contributed by atoms with Gasteiger partial charge >= 0.3 is 17.9 Å². The largest absolute Gasteiger partial charge is 0.462 e. The zero-order valence-electron chi connectivity index (χ0n) is 22.2. The van der Waals surface area contributed by atoms with Crippen molar-refractivity contribution < 1.29 is 28.6 Å². The lowest BCUT2D eigenvalue weighted by Gasteiger charge is -2.35. The molecule has 0 aromatic heterocycles. The van der Waals surface area contributed by atoms with Crippen molar-refractivity contribution in [3.63, 3.8) is 0 Å². The van der Waals surface area contributed by atoms with Gasteiger partial charge in [-0.25, -0.2) is 0 Å². The van der Waals surface area contributed by atoms with Gasteiger partial charge in [-0.3, -0.25) is 14.4 Å². The number of hydrogen-bond acceptors (Lipinski definition) is 6. The Balaban J connectivity index is 2.07. The molecule has 0 N–H and O–H groups in total. The van der Waals surface area contributed by atoms with Gasteiger partial charge in [0.2, 0.25) is 0 Å². The molecule has 1 aliphatic carbocycles. The average molecular weight is 503 g/mol. The number of esters is 3. The molecule has 0 bridgehead atoms. The number of ether oxygens (including phenoxy) is 3. The third-order valence-corrected chi connectivity index (χ3v) is 6.59. The zero-order chi connectivity index (χ0) is 26.9. The lowest BCUT2D eigenvalue weighted by molar-refractivity contribution is -0.171. The summed E-state index contributed by atoms with van der Waals surface area (Å²) < 4.78 is 17.2. The number of fused-ring (bicyclic) bond motifs is 2. The first kappa shape index (κ1) is 26.4. The highest BCUT2D eigenvalue weighted by molar-refractivity contribution is 6.11. The Morgan fingerprint density at radius 2 is 1.22 bits per heavy atom. The predicted octanol–water partition coefficient (Wildman–Crippen LogP) is 5.81. The second-order valence-corrected chi connectivity index (χ2v) is 10.4. The minimum Gasteiger partial charge on any atom is -0.462 e. The molecule has 6 heteroatoms. The average Bonchev–Trinajstić information content (AvgIpc) is 3.15. The van der Waals surface area contributed by atoms with Crippen LogP contribution in [0.4, 0.5) is 0 Å². The molecule has 0 saturated heterocycles. The minimum atomic E-state index is -1.89. The summed E-state index contributed by atoms with van der Waals surface area (Å²) >= 11 is 0. The van der Waals surface area contributed by atoms with Gasteiger partial charge in [0.25, 0.3) is 0 Å². The molecule has 1 aliphatic rings. The lowest BCUT2D eigenvalue weighted by atomic mass is 9.68. The third kappa shape index (κ3) is 4.73. The Morgan fingerprint density at radius 1 is 0.676 bits per heavy atom. The monoisotopic (exact) mass is 502 g/mol. The first-order valence-electron chi connectivity index (χ1n) is 12.8. The second-order valence-electron chi connectivity index (χ2n) is 10.4. The Labute approximate surface area is 217 Å². The maximum atomic E-state index is 14.1. The number of hydrogen-bond donors (Lipinski definition) is 0. The highest BCUT2D eigenvalue weighted by Crippen LogP contribution is 2.58. The van der Waals surface area contributed by atoms with Crippen molar-refractivity contribution in [2.24, 2.45) is 0 Å². The highest BCUT2D eigenvalue weighted by Gasteiger charge is 2.66. The van der Waals surface area contributed by atoms with E-state index in [1.807, 2.05) is 42.5 Å². The standard InChI is InChI=1S/C31H34O6/c1-18(2)35-28(32)26-24-13-9-10-14-25(24)31(29(33)36-19(3)4,30(34)37-20(5)6)27(26)23-16-15-21-11-7-8-12-22(21)17-23/h7-20,26-27H,1-6H3/t26-,27+/m0/s1. The Kier molecular flexibility index (Phi) is 7.39. The van der Waals surface area contributed by atoms with Crippen molar-refractivity contribution in [1.29, 1.82) is 0 Å². The summed E-state index contributed by atoms with van der Waals surface area (Å²) in [6, 6.07) is 20.6. The van der Waals surface area contributed by atoms with E-state index in [4.69, 9.17) is 14.2 Å². The summed E-state index contributed by atoms with van der Waals surface area (Å²) in [5, 5.41) is 1.93. The molecular formula is C31H34O6. The first-order valence-corrected chi connectivity index (χ1v) is 12.8. The Morgan fingerprint density at radius 3 is 1.81 bits per heavy atom. The van der Waals surface area contributed by atoms with Gasteiger partial charge in [-0.2, -0.15) is 0 Å². The summed E-state index contributed by atoms with van der Waals surface area (Å²) in [7, 11) is 0. The van der Waals surface area contributed by atoms with Gasteiger partial charge in [-0.15, -0.1) is 0 Å². The molecule has 0 heterocycles. The van der Waals surface area contributed by atoms with Gasteiger partial charge in [0.15, 0.2) is 5.41 Å². The zero-order valence-corrected chi connectivity index (χ0v) is 22.2. The predicted molar refractivity (Wildman–Crippen MR) is 141 cm³/mol. The fourth-order valence-corrected chi connectivity index (χ4v) is 5.31. The SMILES string of the molecule is CC(C)OC(=O)[C@H]1c2ccccc2C(C(=O)OC(C)C)(C(=O)OC(C)C)[C@@H]1c1ccc2ccccc2c1. The second kappa shape index (κ2) is 10.4. The molecule has 3 aromatic carbocycles. The molecule has 0 saturated carbocycles. The quantitative estimate of drug-likeness (QED) is 0.230. The summed E-state index contributed by atoms with van der Waals surface area (Å²) in [5.74, 6) is -3.83. The van der Waals surface area contributed by atoms with Crippen LogP contribution in [0, 0.1) is 0 Å². The molecule has 4 rings (SSSR count). The maximum Gasteiger partial charge on any atom is 0.329 e. The van der Waals surface area contributed by atoms with Crippen LogP contribution in [-0.2, 0) is 34.0 Å². The van der Waals surface area contributed by atoms with Crippen molar-refractivity contribution in [3.8, 4) is 0 Å². The van der Waals surface area contributed by atoms with Crippen molar-refractivity contribution in [1.82, 2.24) is 0 Å². The van der Waals surface area contributed by atoms with E-state index in [0.717, 1.165) is 10.8 Å². The van der Waals surface area contributed by atoms with Gasteiger partial charge in [0.05, 0.1) is 24.2 Å². The molecular weight excluding hydrogens is 468 g/mol. The van der Waals surface area contributed by atoms with E-state index < -0.39 is 47.4 Å². The van der Waals surface area contributed by atoms with Gasteiger partial charge in [-0.05, 0) is 69.0 Å². The minimum absolute atomic E-state index is 0.378. The normalized spacial score (nSPS) is 18.2. The van der Waals surface area contributed by atoms with E-state index in [9.17, 15) is 14.4 Å². The van der Waals surface area contributed by atoms with Crippen molar-refractivity contribution in [2.45, 2.75) is 77.1 Å². The van der Waals surface area contributed by atoms with Gasteiger partial charge in [-0.1, -0.05) is 66.7 Å². The summed E-state index contributed by atoms with van der Waals surface area (Å²) in [6.07, 6.45) is -1.35. The lowest BCUT2D eigenvalue weighted by Crippen LogP contribution is -2.51. The van der Waals surface area contributed by atoms with Crippen LogP contribution < -0.4 is 0 Å². The van der Waals surface area contributed by atoms with E-state index in [-0.39, 0.29) is 6.10 Å². The van der Waals surface area contributed by atoms with Crippen LogP contribution in [0.5, 0.6) is 0 Å². The molecule has 194 valence electrons. The molecule has 0 unspecified atom stereocenters. The fraction of sp³-hybridized carbons (Fsp3) is 0.387. The third-order valence-electron chi connectivity index (χ3n) is 6.59. The van der Waals surface area contributed by atoms with Crippen LogP contribution in [-0.4, -0.2) is 36.2 Å². The van der Waals surface area contributed by atoms with Crippen LogP contribution in [0.2, 0.25) is 0 Å². The number of rotatable bonds is 7. The van der Waals surface area contributed by atoms with E-state index >= 15 is 0 Å². The maximum absolute atomic E-state index is 14.1. The van der Waals surface area contributed by atoms with E-state index in [1.165, 1.54) is 0 Å². The molecule has 0 radical (unpaired) electrons. The van der Waals surface area contributed by atoms with Crippen molar-refractivity contribution in [2.75, 3.05) is 0 Å². The van der Waals surface area contributed by atoms with E-state index in [1.54, 1.807) is 65.8 Å². The number of benzene rings is 3.